The summed E-state index contributed by atoms with van der Waals surface area (Å²) in [6.07, 6.45) is 4.88. The van der Waals surface area contributed by atoms with E-state index in [0.717, 1.165) is 0 Å². The minimum absolute atomic E-state index is 0.590. The zero-order valence-corrected chi connectivity index (χ0v) is 22.9. The Kier molecular flexibility index (Phi) is 5.83. The normalized spacial score (nSPS) is 21.9. The van der Waals surface area contributed by atoms with Crippen LogP contribution in [0.1, 0.15) is 73.9 Å². The predicted octanol–water partition coefficient (Wildman–Crippen LogP) is 9.96. The van der Waals surface area contributed by atoms with Crippen LogP contribution in [0.25, 0.3) is 32.7 Å². The lowest BCUT2D eigenvalue weighted by atomic mass is 9.64. The summed E-state index contributed by atoms with van der Waals surface area (Å²) in [5, 5.41) is 5.69. The molecule has 0 aromatic heterocycles. The van der Waals surface area contributed by atoms with Crippen LogP contribution in [0.15, 0.2) is 60.7 Å². The first kappa shape index (κ1) is 23.5. The molecular formula is C36H40. The second-order valence-electron chi connectivity index (χ2n) is 12.3. The molecular weight excluding hydrogens is 432 g/mol. The number of fused-ring (bicyclic) bond motifs is 6. The molecule has 0 N–H and O–H groups in total. The Bertz CT molecular complexity index is 1400. The van der Waals surface area contributed by atoms with E-state index in [2.05, 4.69) is 102 Å². The van der Waals surface area contributed by atoms with Crippen LogP contribution in [0, 0.1) is 37.5 Å². The SMILES string of the molecule is Cc1ccc2c3c(ccc2c1)CC[C@@H](C(C)C)/C3=C1/c2c(ccc3cc(C)ccc23)CC[C@H]1C(C)C. The molecule has 2 aliphatic carbocycles. The van der Waals surface area contributed by atoms with Gasteiger partial charge in [-0.05, 0) is 118 Å². The van der Waals surface area contributed by atoms with Crippen molar-refractivity contribution >= 4 is 32.7 Å². The van der Waals surface area contributed by atoms with Crippen molar-refractivity contribution in [2.24, 2.45) is 23.7 Å². The molecule has 4 aromatic rings. The molecule has 36 heavy (non-hydrogen) atoms. The molecule has 4 aromatic carbocycles. The Morgan fingerprint density at radius 2 is 0.972 bits per heavy atom. The lowest BCUT2D eigenvalue weighted by Gasteiger charge is -2.40. The summed E-state index contributed by atoms with van der Waals surface area (Å²) in [6, 6.07) is 23.8. The molecule has 0 nitrogen and oxygen atoms in total. The topological polar surface area (TPSA) is 0 Å². The van der Waals surface area contributed by atoms with Crippen molar-refractivity contribution < 1.29 is 0 Å². The number of hydrogen-bond donors (Lipinski definition) is 0. The molecule has 0 bridgehead atoms. The lowest BCUT2D eigenvalue weighted by molar-refractivity contribution is 0.422. The fraction of sp³-hybridized carbons (Fsp3) is 0.389. The third-order valence-electron chi connectivity index (χ3n) is 9.15. The van der Waals surface area contributed by atoms with E-state index in [1.807, 2.05) is 0 Å². The van der Waals surface area contributed by atoms with E-state index in [-0.39, 0.29) is 0 Å². The van der Waals surface area contributed by atoms with E-state index in [1.165, 1.54) is 58.4 Å². The summed E-state index contributed by atoms with van der Waals surface area (Å²) in [5.74, 6) is 2.42. The van der Waals surface area contributed by atoms with Crippen LogP contribution in [0.4, 0.5) is 0 Å². The van der Waals surface area contributed by atoms with Crippen LogP contribution < -0.4 is 0 Å². The number of rotatable bonds is 2. The van der Waals surface area contributed by atoms with Crippen molar-refractivity contribution in [2.45, 2.75) is 67.2 Å². The van der Waals surface area contributed by atoms with Gasteiger partial charge in [-0.3, -0.25) is 0 Å². The van der Waals surface area contributed by atoms with Gasteiger partial charge < -0.3 is 0 Å². The standard InChI is InChI=1S/C36H40/c1-21(2)29-17-13-25-9-11-27-19-23(5)7-15-31(27)33(25)35(29)36-30(22(3)4)18-14-26-10-12-28-20-24(6)8-16-32(28)34(26)36/h7-12,15-16,19-22,29-30H,13-14,17-18H2,1-6H3/b36-35-/t29-,30-/m0/s1. The van der Waals surface area contributed by atoms with E-state index in [9.17, 15) is 0 Å². The molecule has 0 spiro atoms. The van der Waals surface area contributed by atoms with Crippen LogP contribution in [0.2, 0.25) is 0 Å². The summed E-state index contributed by atoms with van der Waals surface area (Å²) in [6.45, 7) is 14.2. The monoisotopic (exact) mass is 472 g/mol. The fourth-order valence-corrected chi connectivity index (χ4v) is 7.33. The Morgan fingerprint density at radius 3 is 1.36 bits per heavy atom. The minimum Gasteiger partial charge on any atom is -0.0622 e. The largest absolute Gasteiger partial charge is 0.0622 e. The molecule has 0 radical (unpaired) electrons. The molecule has 0 saturated carbocycles. The van der Waals surface area contributed by atoms with Gasteiger partial charge in [0.25, 0.3) is 0 Å². The quantitative estimate of drug-likeness (QED) is 0.272. The van der Waals surface area contributed by atoms with Crippen LogP contribution in [-0.2, 0) is 12.8 Å². The average molecular weight is 473 g/mol. The Labute approximate surface area is 217 Å². The van der Waals surface area contributed by atoms with Gasteiger partial charge in [0.05, 0.1) is 0 Å². The van der Waals surface area contributed by atoms with Crippen LogP contribution in [0.5, 0.6) is 0 Å². The van der Waals surface area contributed by atoms with E-state index in [0.29, 0.717) is 23.7 Å². The smallest absolute Gasteiger partial charge is 0.0105 e. The maximum atomic E-state index is 2.45. The predicted molar refractivity (Wildman–Crippen MR) is 157 cm³/mol. The minimum atomic E-state index is 0.590. The molecule has 0 saturated heterocycles. The van der Waals surface area contributed by atoms with Crippen molar-refractivity contribution in [3.8, 4) is 0 Å². The summed E-state index contributed by atoms with van der Waals surface area (Å²) in [5.41, 5.74) is 12.3. The molecule has 0 aliphatic heterocycles. The van der Waals surface area contributed by atoms with E-state index < -0.39 is 0 Å². The molecule has 0 amide bonds. The summed E-state index contributed by atoms with van der Waals surface area (Å²) in [7, 11) is 0. The van der Waals surface area contributed by atoms with Crippen LogP contribution in [0.3, 0.4) is 0 Å². The molecule has 0 fully saturated rings. The van der Waals surface area contributed by atoms with Crippen LogP contribution >= 0.6 is 0 Å². The Balaban J connectivity index is 1.79. The maximum absolute atomic E-state index is 2.45. The lowest BCUT2D eigenvalue weighted by Crippen LogP contribution is -2.25. The first-order chi connectivity index (χ1) is 17.3. The second kappa shape index (κ2) is 8.91. The number of benzene rings is 4. The molecule has 2 atom stereocenters. The number of allylic oxidation sites excluding steroid dienone is 2. The average Bonchev–Trinajstić information content (AvgIpc) is 2.86. The molecule has 6 rings (SSSR count). The van der Waals surface area contributed by atoms with Gasteiger partial charge in [-0.25, -0.2) is 0 Å². The highest BCUT2D eigenvalue weighted by Crippen LogP contribution is 2.53. The van der Waals surface area contributed by atoms with E-state index in [1.54, 1.807) is 33.4 Å². The highest BCUT2D eigenvalue weighted by atomic mass is 14.4. The van der Waals surface area contributed by atoms with E-state index >= 15 is 0 Å². The van der Waals surface area contributed by atoms with Gasteiger partial charge in [0.1, 0.15) is 0 Å². The Hall–Kier alpha value is -2.86. The van der Waals surface area contributed by atoms with Gasteiger partial charge >= 0.3 is 0 Å². The van der Waals surface area contributed by atoms with Gasteiger partial charge in [-0.2, -0.15) is 0 Å². The van der Waals surface area contributed by atoms with Crippen molar-refractivity contribution in [1.82, 2.24) is 0 Å². The van der Waals surface area contributed by atoms with Crippen molar-refractivity contribution in [3.63, 3.8) is 0 Å². The van der Waals surface area contributed by atoms with Crippen molar-refractivity contribution in [1.29, 1.82) is 0 Å². The highest BCUT2D eigenvalue weighted by molar-refractivity contribution is 6.09. The number of hydrogen-bond acceptors (Lipinski definition) is 0. The molecule has 184 valence electrons. The fourth-order valence-electron chi connectivity index (χ4n) is 7.33. The zero-order chi connectivity index (χ0) is 25.1. The first-order valence-corrected chi connectivity index (χ1v) is 14.1. The summed E-state index contributed by atoms with van der Waals surface area (Å²) >= 11 is 0. The third-order valence-corrected chi connectivity index (χ3v) is 9.15. The van der Waals surface area contributed by atoms with Crippen LogP contribution in [-0.4, -0.2) is 0 Å². The van der Waals surface area contributed by atoms with Gasteiger partial charge in [-0.15, -0.1) is 0 Å². The second-order valence-corrected chi connectivity index (χ2v) is 12.3. The molecule has 2 aliphatic rings. The van der Waals surface area contributed by atoms with Gasteiger partial charge in [0.15, 0.2) is 0 Å². The van der Waals surface area contributed by atoms with Crippen molar-refractivity contribution in [3.05, 3.63) is 94.0 Å². The third kappa shape index (κ3) is 3.73. The number of aryl methyl sites for hydroxylation is 4. The molecule has 0 heteroatoms. The first-order valence-electron chi connectivity index (χ1n) is 14.1. The Morgan fingerprint density at radius 1 is 0.556 bits per heavy atom. The molecule has 0 heterocycles. The van der Waals surface area contributed by atoms with Gasteiger partial charge in [-0.1, -0.05) is 99.5 Å². The summed E-state index contributed by atoms with van der Waals surface area (Å²) < 4.78 is 0. The van der Waals surface area contributed by atoms with Gasteiger partial charge in [0, 0.05) is 0 Å². The molecule has 0 unspecified atom stereocenters. The van der Waals surface area contributed by atoms with Crippen molar-refractivity contribution in [2.75, 3.05) is 0 Å². The zero-order valence-electron chi connectivity index (χ0n) is 22.9. The maximum Gasteiger partial charge on any atom is -0.0105 e. The summed E-state index contributed by atoms with van der Waals surface area (Å²) in [4.78, 5) is 0. The van der Waals surface area contributed by atoms with E-state index in [4.69, 9.17) is 0 Å². The van der Waals surface area contributed by atoms with Gasteiger partial charge in [0.2, 0.25) is 0 Å². The highest BCUT2D eigenvalue weighted by Gasteiger charge is 2.36.